The van der Waals surface area contributed by atoms with Crippen molar-refractivity contribution in [1.82, 2.24) is 20.2 Å². The van der Waals surface area contributed by atoms with E-state index in [1.54, 1.807) is 18.3 Å². The molecule has 2 aliphatic rings. The van der Waals surface area contributed by atoms with Gasteiger partial charge in [-0.1, -0.05) is 73.4 Å². The van der Waals surface area contributed by atoms with Crippen molar-refractivity contribution in [3.63, 3.8) is 0 Å². The van der Waals surface area contributed by atoms with Crippen molar-refractivity contribution in [2.45, 2.75) is 52.6 Å². The summed E-state index contributed by atoms with van der Waals surface area (Å²) in [6.07, 6.45) is -4.52. The van der Waals surface area contributed by atoms with E-state index in [9.17, 15) is 56.3 Å². The van der Waals surface area contributed by atoms with Gasteiger partial charge in [-0.3, -0.25) is 25.4 Å². The van der Waals surface area contributed by atoms with Crippen LogP contribution in [0.4, 0.5) is 53.0 Å². The molecule has 0 unspecified atom stereocenters. The van der Waals surface area contributed by atoms with Crippen molar-refractivity contribution < 1.29 is 108 Å². The number of hydrogen-bond acceptors (Lipinski definition) is 14. The number of aliphatic hydroxyl groups is 4. The van der Waals surface area contributed by atoms with Gasteiger partial charge >= 0.3 is 24.8 Å². The molecule has 7 N–H and O–H groups in total. The number of nitrogens with zero attached hydrogens (tertiary/aromatic N) is 4. The number of carbonyl (C=O) groups is 2. The third-order valence-corrected chi connectivity index (χ3v) is 11.2. The zero-order chi connectivity index (χ0) is 54.3. The van der Waals surface area contributed by atoms with E-state index in [0.29, 0.717) is 39.8 Å². The molecule has 5 aromatic rings. The van der Waals surface area contributed by atoms with Crippen LogP contribution in [0.15, 0.2) is 97.3 Å². The van der Waals surface area contributed by atoms with Crippen LogP contribution in [-0.4, -0.2) is 104 Å². The van der Waals surface area contributed by atoms with Crippen LogP contribution in [0.5, 0.6) is 17.2 Å². The second-order valence-electron chi connectivity index (χ2n) is 15.3. The molecule has 77 heavy (non-hydrogen) atoms. The smallest absolute Gasteiger partial charge is 0.410 e. The number of ether oxygens (including phenoxy) is 3. The predicted octanol–water partition coefficient (Wildman–Crippen LogP) is 11.8. The van der Waals surface area contributed by atoms with Crippen LogP contribution in [0.2, 0.25) is 20.1 Å². The van der Waals surface area contributed by atoms with Gasteiger partial charge in [-0.05, 0) is 91.2 Å². The van der Waals surface area contributed by atoms with Crippen LogP contribution in [0, 0.1) is 10.1 Å². The molecule has 1 radical (unpaired) electrons. The number of aliphatic hydroxyl groups excluding tert-OH is 4. The minimum Gasteiger partial charge on any atom is -0.410 e. The number of pyridine rings is 2. The number of benzene rings is 3. The fourth-order valence-electron chi connectivity index (χ4n) is 6.52. The van der Waals surface area contributed by atoms with E-state index < -0.39 is 60.1 Å². The average molecular weight is 1240 g/mol. The third kappa shape index (κ3) is 21.4. The summed E-state index contributed by atoms with van der Waals surface area (Å²) >= 11 is 23.8. The number of alkyl halides is 6. The van der Waals surface area contributed by atoms with Crippen LogP contribution >= 0.6 is 46.4 Å². The molecule has 3 amide bonds. The number of rotatable bonds is 12. The van der Waals surface area contributed by atoms with Gasteiger partial charge in [-0.25, -0.2) is 9.59 Å². The van der Waals surface area contributed by atoms with Crippen molar-refractivity contribution in [2.24, 2.45) is 0 Å². The molecule has 415 valence electrons. The molecule has 2 aromatic heterocycles. The predicted molar refractivity (Wildman–Crippen MR) is 274 cm³/mol. The van der Waals surface area contributed by atoms with Gasteiger partial charge in [-0.2, -0.15) is 0 Å². The second kappa shape index (κ2) is 31.3. The molecule has 0 bridgehead atoms. The van der Waals surface area contributed by atoms with Crippen LogP contribution in [0.25, 0.3) is 11.1 Å². The molecule has 3 aromatic carbocycles. The summed E-state index contributed by atoms with van der Waals surface area (Å²) in [5.74, 6) is -1.15. The van der Waals surface area contributed by atoms with E-state index in [2.05, 4.69) is 41.5 Å². The number of halogens is 10. The molecule has 2 atom stereocenters. The summed E-state index contributed by atoms with van der Waals surface area (Å²) in [5, 5.41) is 55.8. The molecule has 18 nitrogen and oxygen atoms in total. The number of nitro benzene ring substituents is 1. The van der Waals surface area contributed by atoms with Gasteiger partial charge in [0.2, 0.25) is 0 Å². The Labute approximate surface area is 482 Å². The molecule has 0 saturated heterocycles. The summed E-state index contributed by atoms with van der Waals surface area (Å²) in [7, 11) is 0. The van der Waals surface area contributed by atoms with E-state index in [1.165, 1.54) is 35.4 Å². The average Bonchev–Trinajstić information content (AvgIpc) is 3.35. The maximum absolute atomic E-state index is 12.5. The fourth-order valence-corrected chi connectivity index (χ4v) is 7.55. The molecule has 4 heterocycles. The Balaban J connectivity index is 0.000000404. The number of amides is 3. The molecule has 29 heteroatoms. The molecule has 7 rings (SSSR count). The first-order chi connectivity index (χ1) is 34.9. The molecule has 0 fully saturated rings. The minimum atomic E-state index is -4.90. The third-order valence-electron chi connectivity index (χ3n) is 10.1. The van der Waals surface area contributed by atoms with Gasteiger partial charge in [0.1, 0.15) is 29.5 Å². The summed E-state index contributed by atoms with van der Waals surface area (Å²) in [5.41, 5.74) is 4.26. The minimum absolute atomic E-state index is 0. The monoisotopic (exact) mass is 1240 g/mol. The SMILES string of the molecule is C.C.O=C(Nc1ccc(OC(F)(F)F)c(Cl)c1)N1CC=C(c2ncc([C@H](O)CO)cc2Cl)CC1.O=C(Nc1ccc(OC(F)(F)F)c(Cl)c1)Oc1ccc([N+](=O)[O-])cc1.OC[C@@H](O)c1cnc(C2=CCNCC2)c(Cl)c1.[Y]. The van der Waals surface area contributed by atoms with E-state index >= 15 is 0 Å². The van der Waals surface area contributed by atoms with E-state index in [0.717, 1.165) is 78.8 Å². The maximum atomic E-state index is 12.5. The number of nitrogens with one attached hydrogen (secondary N) is 3. The molecule has 0 aliphatic carbocycles. The van der Waals surface area contributed by atoms with Crippen LogP contribution < -0.4 is 30.2 Å². The largest absolute Gasteiger partial charge is 0.573 e. The number of carbonyl (C=O) groups excluding carboxylic acids is 2. The molecular weight excluding hydrogens is 1200 g/mol. The Hall–Kier alpha value is -5.38. The topological polar surface area (TPSA) is 251 Å². The van der Waals surface area contributed by atoms with Gasteiger partial charge < -0.3 is 50.2 Å². The first-order valence-electron chi connectivity index (χ1n) is 21.3. The Bertz CT molecular complexity index is 2860. The Morgan fingerprint density at radius 1 is 0.727 bits per heavy atom. The van der Waals surface area contributed by atoms with Crippen molar-refractivity contribution in [2.75, 3.05) is 50.0 Å². The molecule has 0 saturated carbocycles. The number of non-ortho nitro benzene ring substituents is 1. The van der Waals surface area contributed by atoms with Crippen molar-refractivity contribution in [1.29, 1.82) is 0 Å². The quantitative estimate of drug-likeness (QED) is 0.0349. The zero-order valence-corrected chi connectivity index (χ0v) is 44.2. The maximum Gasteiger partial charge on any atom is 0.573 e. The number of hydrogen-bond donors (Lipinski definition) is 7. The van der Waals surface area contributed by atoms with E-state index in [1.807, 2.05) is 0 Å². The molecule has 2 aliphatic heterocycles. The van der Waals surface area contributed by atoms with Gasteiger partial charge in [0.15, 0.2) is 0 Å². The first kappa shape index (κ1) is 67.7. The zero-order valence-electron chi connectivity index (χ0n) is 38.3. The van der Waals surface area contributed by atoms with Crippen LogP contribution in [0.3, 0.4) is 0 Å². The summed E-state index contributed by atoms with van der Waals surface area (Å²) in [4.78, 5) is 44.1. The number of anilines is 2. The van der Waals surface area contributed by atoms with Crippen molar-refractivity contribution in [3.05, 3.63) is 150 Å². The van der Waals surface area contributed by atoms with Crippen molar-refractivity contribution >= 4 is 86.7 Å². The number of nitro groups is 1. The molecule has 0 spiro atoms. The summed E-state index contributed by atoms with van der Waals surface area (Å²) < 4.78 is 85.8. The second-order valence-corrected chi connectivity index (χ2v) is 16.9. The Morgan fingerprint density at radius 2 is 1.21 bits per heavy atom. The first-order valence-corrected chi connectivity index (χ1v) is 22.8. The van der Waals surface area contributed by atoms with Crippen molar-refractivity contribution in [3.8, 4) is 17.2 Å². The summed E-state index contributed by atoms with van der Waals surface area (Å²) in [6, 6.07) is 14.0. The van der Waals surface area contributed by atoms with Crippen LogP contribution in [-0.2, 0) is 32.7 Å². The van der Waals surface area contributed by atoms with E-state index in [-0.39, 0.29) is 93.6 Å². The Kier molecular flexibility index (Phi) is 27.5. The van der Waals surface area contributed by atoms with E-state index in [4.69, 9.17) is 61.4 Å². The fraction of sp³-hybridized carbons (Fsp3) is 0.292. The van der Waals surface area contributed by atoms with Gasteiger partial charge in [-0.15, -0.1) is 26.3 Å². The number of aromatic nitrogens is 2. The molecular formula is C48H49Cl4F6N7O11Y. The summed E-state index contributed by atoms with van der Waals surface area (Å²) in [6.45, 7) is 1.57. The number of urea groups is 1. The normalized spacial score (nSPS) is 13.8. The van der Waals surface area contributed by atoms with Gasteiger partial charge in [0, 0.05) is 99.4 Å². The van der Waals surface area contributed by atoms with Gasteiger partial charge in [0.05, 0.1) is 49.6 Å². The Morgan fingerprint density at radius 3 is 1.60 bits per heavy atom. The standard InChI is InChI=1S/C20H18Cl2F3N3O4.C14H8ClF3N2O5.C12H15ClN2O2.2CH4.Y/c21-14-8-13(1-2-17(14)32-20(23,24)25)27-19(31)28-5-3-11(4-6-28)18-15(22)7-12(9-26-18)16(30)10-29;15-11-7-8(1-6-12(11)25-14(16,17)18)19-13(21)24-10-4-2-9(3-5-10)20(22)23;13-10-5-9(11(17)7-16)6-15-12(10)8-1-3-14-4-2-8;;;/h1-3,7-9,16,29-30H,4-6,10H2,(H,27,31);1-7H,(H,19,21);1,5-6,11,14,16-17H,2-4,7H2;2*1H4;/t16-;;11-;;;/m1.1.../s1. The van der Waals surface area contributed by atoms with Gasteiger partial charge in [0.25, 0.3) is 5.69 Å². The van der Waals surface area contributed by atoms with Crippen LogP contribution in [0.1, 0.15) is 62.4 Å².